The molecule has 0 radical (unpaired) electrons. The van der Waals surface area contributed by atoms with Crippen molar-refractivity contribution in [2.45, 2.75) is 13.3 Å². The first kappa shape index (κ1) is 15.1. The van der Waals surface area contributed by atoms with Crippen LogP contribution in [0.4, 0.5) is 0 Å². The number of hydrogen-bond acceptors (Lipinski definition) is 3. The smallest absolute Gasteiger partial charge is 0.236 e. The molecule has 0 aliphatic heterocycles. The number of rotatable bonds is 9. The van der Waals surface area contributed by atoms with Crippen molar-refractivity contribution in [3.8, 4) is 0 Å². The molecule has 0 atom stereocenters. The molecule has 0 saturated carbocycles. The molecule has 16 heavy (non-hydrogen) atoms. The Balaban J connectivity index is 3.96. The summed E-state index contributed by atoms with van der Waals surface area (Å²) in [6, 6.07) is 0. The third kappa shape index (κ3) is 7.43. The summed E-state index contributed by atoms with van der Waals surface area (Å²) in [5.41, 5.74) is 0. The first-order valence-corrected chi connectivity index (χ1v) is 5.86. The van der Waals surface area contributed by atoms with E-state index in [0.717, 1.165) is 26.1 Å². The minimum Gasteiger partial charge on any atom is -0.340 e. The summed E-state index contributed by atoms with van der Waals surface area (Å²) in [5.74, 6) is 0.172. The summed E-state index contributed by atoms with van der Waals surface area (Å²) in [6.45, 7) is 9.32. The van der Waals surface area contributed by atoms with Crippen LogP contribution in [-0.4, -0.2) is 62.5 Å². The minimum absolute atomic E-state index is 0.172. The van der Waals surface area contributed by atoms with Crippen LogP contribution in [0.25, 0.3) is 0 Å². The minimum atomic E-state index is 0.172. The quantitative estimate of drug-likeness (QED) is 0.462. The van der Waals surface area contributed by atoms with Crippen LogP contribution >= 0.6 is 0 Å². The Labute approximate surface area is 99.3 Å². The fourth-order valence-corrected chi connectivity index (χ4v) is 1.34. The zero-order valence-electron chi connectivity index (χ0n) is 10.8. The van der Waals surface area contributed by atoms with Gasteiger partial charge < -0.3 is 15.1 Å². The van der Waals surface area contributed by atoms with Crippen molar-refractivity contribution in [1.82, 2.24) is 15.1 Å². The van der Waals surface area contributed by atoms with Gasteiger partial charge in [0.1, 0.15) is 0 Å². The van der Waals surface area contributed by atoms with Crippen LogP contribution in [0, 0.1) is 0 Å². The van der Waals surface area contributed by atoms with Gasteiger partial charge in [0.25, 0.3) is 0 Å². The molecule has 4 nitrogen and oxygen atoms in total. The highest BCUT2D eigenvalue weighted by Gasteiger charge is 2.11. The molecular weight excluding hydrogens is 202 g/mol. The van der Waals surface area contributed by atoms with Gasteiger partial charge in [-0.05, 0) is 20.5 Å². The van der Waals surface area contributed by atoms with E-state index < -0.39 is 0 Å². The summed E-state index contributed by atoms with van der Waals surface area (Å²) in [6.07, 6.45) is 2.76. The standard InChI is InChI=1S/C12H25N3O/c1-5-7-13-11-12(16)15(8-6-2)10-9-14(3)4/h5,13H,1,6-11H2,2-4H3. The molecule has 1 N–H and O–H groups in total. The van der Waals surface area contributed by atoms with Gasteiger partial charge in [0.15, 0.2) is 0 Å². The topological polar surface area (TPSA) is 35.6 Å². The predicted octanol–water partition coefficient (Wildman–Crippen LogP) is 0.562. The van der Waals surface area contributed by atoms with Crippen LogP contribution in [0.3, 0.4) is 0 Å². The average molecular weight is 227 g/mol. The van der Waals surface area contributed by atoms with Crippen molar-refractivity contribution < 1.29 is 4.79 Å². The monoisotopic (exact) mass is 227 g/mol. The largest absolute Gasteiger partial charge is 0.340 e. The van der Waals surface area contributed by atoms with E-state index in [0.29, 0.717) is 13.1 Å². The number of likely N-dealkylation sites (N-methyl/N-ethyl adjacent to an activating group) is 1. The molecule has 0 aromatic carbocycles. The molecule has 0 saturated heterocycles. The van der Waals surface area contributed by atoms with Crippen LogP contribution in [0.15, 0.2) is 12.7 Å². The molecule has 0 aliphatic carbocycles. The van der Waals surface area contributed by atoms with Crippen molar-refractivity contribution in [3.63, 3.8) is 0 Å². The number of nitrogens with zero attached hydrogens (tertiary/aromatic N) is 2. The Bertz CT molecular complexity index is 204. The molecule has 0 bridgehead atoms. The summed E-state index contributed by atoms with van der Waals surface area (Å²) in [4.78, 5) is 15.8. The van der Waals surface area contributed by atoms with Gasteiger partial charge in [0.2, 0.25) is 5.91 Å². The Hall–Kier alpha value is -0.870. The zero-order chi connectivity index (χ0) is 12.4. The molecular formula is C12H25N3O. The maximum atomic E-state index is 11.8. The summed E-state index contributed by atoms with van der Waals surface area (Å²) in [7, 11) is 4.04. The van der Waals surface area contributed by atoms with Crippen LogP contribution in [-0.2, 0) is 4.79 Å². The highest BCUT2D eigenvalue weighted by atomic mass is 16.2. The second kappa shape index (κ2) is 9.36. The fraction of sp³-hybridized carbons (Fsp3) is 0.750. The number of nitrogens with one attached hydrogen (secondary N) is 1. The highest BCUT2D eigenvalue weighted by Crippen LogP contribution is 1.93. The van der Waals surface area contributed by atoms with Crippen molar-refractivity contribution in [3.05, 3.63) is 12.7 Å². The molecule has 0 heterocycles. The van der Waals surface area contributed by atoms with Gasteiger partial charge in [-0.2, -0.15) is 0 Å². The molecule has 0 aromatic rings. The number of hydrogen-bond donors (Lipinski definition) is 1. The van der Waals surface area contributed by atoms with Crippen molar-refractivity contribution in [2.24, 2.45) is 0 Å². The second-order valence-corrected chi connectivity index (χ2v) is 4.10. The molecule has 94 valence electrons. The zero-order valence-corrected chi connectivity index (χ0v) is 10.8. The van der Waals surface area contributed by atoms with Gasteiger partial charge in [-0.15, -0.1) is 6.58 Å². The first-order valence-electron chi connectivity index (χ1n) is 5.86. The van der Waals surface area contributed by atoms with E-state index in [4.69, 9.17) is 0 Å². The van der Waals surface area contributed by atoms with Gasteiger partial charge in [-0.3, -0.25) is 4.79 Å². The van der Waals surface area contributed by atoms with Crippen LogP contribution in [0.2, 0.25) is 0 Å². The SMILES string of the molecule is C=CCNCC(=O)N(CCC)CCN(C)C. The second-order valence-electron chi connectivity index (χ2n) is 4.10. The molecule has 0 aromatic heterocycles. The summed E-state index contributed by atoms with van der Waals surface area (Å²) >= 11 is 0. The van der Waals surface area contributed by atoms with Gasteiger partial charge in [-0.25, -0.2) is 0 Å². The van der Waals surface area contributed by atoms with E-state index in [1.165, 1.54) is 0 Å². The van der Waals surface area contributed by atoms with Crippen molar-refractivity contribution in [2.75, 3.05) is 46.8 Å². The van der Waals surface area contributed by atoms with Gasteiger partial charge in [0.05, 0.1) is 6.54 Å². The average Bonchev–Trinajstić information content (AvgIpc) is 2.24. The van der Waals surface area contributed by atoms with Gasteiger partial charge in [-0.1, -0.05) is 13.0 Å². The van der Waals surface area contributed by atoms with Crippen molar-refractivity contribution >= 4 is 5.91 Å². The Morgan fingerprint density at radius 1 is 1.31 bits per heavy atom. The number of carbonyl (C=O) groups excluding carboxylic acids is 1. The molecule has 0 fully saturated rings. The third-order valence-electron chi connectivity index (χ3n) is 2.23. The normalized spacial score (nSPS) is 10.5. The molecule has 4 heteroatoms. The lowest BCUT2D eigenvalue weighted by Crippen LogP contribution is -2.42. The van der Waals surface area contributed by atoms with Gasteiger partial charge in [0, 0.05) is 26.2 Å². The lowest BCUT2D eigenvalue weighted by molar-refractivity contribution is -0.130. The molecule has 0 rings (SSSR count). The van der Waals surface area contributed by atoms with E-state index in [2.05, 4.69) is 23.7 Å². The molecule has 0 aliphatic rings. The maximum absolute atomic E-state index is 11.8. The Morgan fingerprint density at radius 3 is 2.50 bits per heavy atom. The van der Waals surface area contributed by atoms with Crippen LogP contribution in [0.5, 0.6) is 0 Å². The van der Waals surface area contributed by atoms with E-state index in [-0.39, 0.29) is 5.91 Å². The van der Waals surface area contributed by atoms with E-state index in [9.17, 15) is 4.79 Å². The highest BCUT2D eigenvalue weighted by molar-refractivity contribution is 5.78. The number of carbonyl (C=O) groups is 1. The molecule has 0 unspecified atom stereocenters. The molecule has 1 amide bonds. The van der Waals surface area contributed by atoms with Crippen LogP contribution in [0.1, 0.15) is 13.3 Å². The lowest BCUT2D eigenvalue weighted by atomic mass is 10.3. The Kier molecular flexibility index (Phi) is 8.85. The van der Waals surface area contributed by atoms with E-state index in [1.54, 1.807) is 6.08 Å². The number of amides is 1. The Morgan fingerprint density at radius 2 is 2.00 bits per heavy atom. The van der Waals surface area contributed by atoms with E-state index >= 15 is 0 Å². The first-order chi connectivity index (χ1) is 7.61. The predicted molar refractivity (Wildman–Crippen MR) is 68.5 cm³/mol. The lowest BCUT2D eigenvalue weighted by Gasteiger charge is -2.24. The van der Waals surface area contributed by atoms with Crippen LogP contribution < -0.4 is 5.32 Å². The summed E-state index contributed by atoms with van der Waals surface area (Å²) in [5, 5.41) is 3.04. The van der Waals surface area contributed by atoms with Crippen molar-refractivity contribution in [1.29, 1.82) is 0 Å². The molecule has 0 spiro atoms. The van der Waals surface area contributed by atoms with E-state index in [1.807, 2.05) is 19.0 Å². The fourth-order valence-electron chi connectivity index (χ4n) is 1.34. The summed E-state index contributed by atoms with van der Waals surface area (Å²) < 4.78 is 0. The van der Waals surface area contributed by atoms with Gasteiger partial charge >= 0.3 is 0 Å². The maximum Gasteiger partial charge on any atom is 0.236 e. The third-order valence-corrected chi connectivity index (χ3v) is 2.23.